The van der Waals surface area contributed by atoms with Gasteiger partial charge in [-0.15, -0.1) is 0 Å². The van der Waals surface area contributed by atoms with Crippen molar-refractivity contribution in [2.75, 3.05) is 31.8 Å². The number of anilines is 1. The van der Waals surface area contributed by atoms with Gasteiger partial charge >= 0.3 is 5.97 Å². The van der Waals surface area contributed by atoms with Crippen LogP contribution in [0.15, 0.2) is 30.0 Å². The predicted molar refractivity (Wildman–Crippen MR) is 95.8 cm³/mol. The Kier molecular flexibility index (Phi) is 5.81. The van der Waals surface area contributed by atoms with Crippen molar-refractivity contribution in [3.8, 4) is 17.6 Å². The second-order valence-corrected chi connectivity index (χ2v) is 6.20. The molecule has 0 spiro atoms. The maximum absolute atomic E-state index is 12.6. The van der Waals surface area contributed by atoms with Crippen LogP contribution in [0.4, 0.5) is 5.69 Å². The summed E-state index contributed by atoms with van der Waals surface area (Å²) in [6.07, 6.45) is 2.47. The van der Waals surface area contributed by atoms with Crippen LogP contribution in [-0.4, -0.2) is 43.3 Å². The minimum Gasteiger partial charge on any atom is -0.466 e. The molecule has 2 aliphatic rings. The molecular weight excluding hydrogens is 350 g/mol. The monoisotopic (exact) mass is 371 g/mol. The zero-order valence-electron chi connectivity index (χ0n) is 15.1. The summed E-state index contributed by atoms with van der Waals surface area (Å²) in [6, 6.07) is 7.20. The Morgan fingerprint density at radius 3 is 2.78 bits per heavy atom. The van der Waals surface area contributed by atoms with Gasteiger partial charge in [0.15, 0.2) is 11.5 Å². The lowest BCUT2D eigenvalue weighted by molar-refractivity contribution is -0.150. The highest BCUT2D eigenvalue weighted by molar-refractivity contribution is 5.97. The lowest BCUT2D eigenvalue weighted by Gasteiger charge is -2.30. The van der Waals surface area contributed by atoms with Crippen LogP contribution in [0.5, 0.6) is 11.5 Å². The van der Waals surface area contributed by atoms with E-state index in [1.807, 2.05) is 6.07 Å². The van der Waals surface area contributed by atoms with Gasteiger partial charge in [0.25, 0.3) is 5.91 Å². The highest BCUT2D eigenvalue weighted by Gasteiger charge is 2.29. The van der Waals surface area contributed by atoms with E-state index in [9.17, 15) is 14.9 Å². The Morgan fingerprint density at radius 2 is 2.07 bits per heavy atom. The van der Waals surface area contributed by atoms with Gasteiger partial charge in [0, 0.05) is 31.0 Å². The minimum atomic E-state index is -0.354. The van der Waals surface area contributed by atoms with Crippen molar-refractivity contribution in [3.05, 3.63) is 30.0 Å². The number of ether oxygens (including phenoxy) is 3. The number of hydrogen-bond donors (Lipinski definition) is 1. The lowest BCUT2D eigenvalue weighted by atomic mass is 9.96. The van der Waals surface area contributed by atoms with E-state index in [1.54, 1.807) is 30.0 Å². The summed E-state index contributed by atoms with van der Waals surface area (Å²) in [5, 5.41) is 12.3. The fourth-order valence-corrected chi connectivity index (χ4v) is 3.03. The Morgan fingerprint density at radius 1 is 1.33 bits per heavy atom. The molecule has 0 saturated carbocycles. The van der Waals surface area contributed by atoms with E-state index in [-0.39, 0.29) is 30.2 Å². The summed E-state index contributed by atoms with van der Waals surface area (Å²) in [4.78, 5) is 25.9. The summed E-state index contributed by atoms with van der Waals surface area (Å²) in [5.74, 6) is 0.512. The summed E-state index contributed by atoms with van der Waals surface area (Å²) < 4.78 is 15.6. The van der Waals surface area contributed by atoms with Crippen molar-refractivity contribution in [1.29, 1.82) is 5.26 Å². The molecule has 3 rings (SSSR count). The molecule has 0 radical (unpaired) electrons. The van der Waals surface area contributed by atoms with E-state index < -0.39 is 0 Å². The average molecular weight is 371 g/mol. The molecule has 1 saturated heterocycles. The lowest BCUT2D eigenvalue weighted by Crippen LogP contribution is -2.41. The molecule has 2 aliphatic heterocycles. The van der Waals surface area contributed by atoms with Crippen LogP contribution in [0, 0.1) is 17.2 Å². The Hall–Kier alpha value is -3.21. The Bertz CT molecular complexity index is 791. The van der Waals surface area contributed by atoms with E-state index in [4.69, 9.17) is 14.2 Å². The molecule has 1 aromatic rings. The largest absolute Gasteiger partial charge is 0.466 e. The predicted octanol–water partition coefficient (Wildman–Crippen LogP) is 2.04. The number of hydrogen-bond acceptors (Lipinski definition) is 7. The number of carbonyl (C=O) groups excluding carboxylic acids is 2. The zero-order valence-corrected chi connectivity index (χ0v) is 15.1. The number of likely N-dealkylation sites (tertiary alicyclic amines) is 1. The van der Waals surface area contributed by atoms with E-state index in [0.717, 1.165) is 0 Å². The SMILES string of the molecule is CCOC(=O)C1CCN(C(=O)/C(C#N)=C\Nc2ccc3c(c2)OCO3)CC1. The van der Waals surface area contributed by atoms with Crippen molar-refractivity contribution < 1.29 is 23.8 Å². The molecule has 0 bridgehead atoms. The van der Waals surface area contributed by atoms with Crippen LogP contribution in [0.2, 0.25) is 0 Å². The minimum absolute atomic E-state index is 0.00208. The van der Waals surface area contributed by atoms with E-state index in [2.05, 4.69) is 5.32 Å². The molecule has 1 fully saturated rings. The second kappa shape index (κ2) is 8.45. The van der Waals surface area contributed by atoms with Crippen LogP contribution in [0.1, 0.15) is 19.8 Å². The van der Waals surface area contributed by atoms with Crippen molar-refractivity contribution in [2.24, 2.45) is 5.92 Å². The fraction of sp³-hybridized carbons (Fsp3) is 0.421. The number of nitrogens with zero attached hydrogens (tertiary/aromatic N) is 2. The summed E-state index contributed by atoms with van der Waals surface area (Å²) in [5.41, 5.74) is 0.683. The van der Waals surface area contributed by atoms with Gasteiger partial charge in [0.1, 0.15) is 11.6 Å². The molecule has 8 nitrogen and oxygen atoms in total. The molecule has 2 heterocycles. The molecule has 0 atom stereocenters. The third-order valence-electron chi connectivity index (χ3n) is 4.51. The van der Waals surface area contributed by atoms with Gasteiger partial charge < -0.3 is 24.4 Å². The number of benzene rings is 1. The highest BCUT2D eigenvalue weighted by atomic mass is 16.7. The first-order chi connectivity index (χ1) is 13.1. The van der Waals surface area contributed by atoms with Gasteiger partial charge in [-0.25, -0.2) is 0 Å². The van der Waals surface area contributed by atoms with Gasteiger partial charge in [0.2, 0.25) is 6.79 Å². The number of esters is 1. The maximum Gasteiger partial charge on any atom is 0.309 e. The molecular formula is C19H21N3O5. The molecule has 142 valence electrons. The highest BCUT2D eigenvalue weighted by Crippen LogP contribution is 2.34. The van der Waals surface area contributed by atoms with Gasteiger partial charge in [-0.2, -0.15) is 5.26 Å². The number of nitriles is 1. The van der Waals surface area contributed by atoms with Crippen LogP contribution < -0.4 is 14.8 Å². The van der Waals surface area contributed by atoms with Crippen molar-refractivity contribution >= 4 is 17.6 Å². The topological polar surface area (TPSA) is 101 Å². The summed E-state index contributed by atoms with van der Waals surface area (Å²) in [6.45, 7) is 3.15. The number of nitrogens with one attached hydrogen (secondary N) is 1. The molecule has 0 unspecified atom stereocenters. The summed E-state index contributed by atoms with van der Waals surface area (Å²) in [7, 11) is 0. The molecule has 27 heavy (non-hydrogen) atoms. The molecule has 1 N–H and O–H groups in total. The second-order valence-electron chi connectivity index (χ2n) is 6.20. The summed E-state index contributed by atoms with van der Waals surface area (Å²) >= 11 is 0. The maximum atomic E-state index is 12.6. The number of piperidine rings is 1. The van der Waals surface area contributed by atoms with Crippen molar-refractivity contribution in [3.63, 3.8) is 0 Å². The third-order valence-corrected chi connectivity index (χ3v) is 4.51. The zero-order chi connectivity index (χ0) is 19.2. The Balaban J connectivity index is 1.59. The first-order valence-corrected chi connectivity index (χ1v) is 8.84. The van der Waals surface area contributed by atoms with E-state index in [1.165, 1.54) is 6.20 Å². The van der Waals surface area contributed by atoms with Crippen molar-refractivity contribution in [1.82, 2.24) is 4.90 Å². The fourth-order valence-electron chi connectivity index (χ4n) is 3.03. The number of carbonyl (C=O) groups is 2. The normalized spacial score (nSPS) is 16.6. The van der Waals surface area contributed by atoms with Crippen LogP contribution >= 0.6 is 0 Å². The first-order valence-electron chi connectivity index (χ1n) is 8.84. The Labute approximate surface area is 157 Å². The first kappa shape index (κ1) is 18.6. The van der Waals surface area contributed by atoms with Gasteiger partial charge in [-0.3, -0.25) is 9.59 Å². The van der Waals surface area contributed by atoms with Gasteiger partial charge in [0.05, 0.1) is 12.5 Å². The van der Waals surface area contributed by atoms with Crippen LogP contribution in [0.3, 0.4) is 0 Å². The van der Waals surface area contributed by atoms with Gasteiger partial charge in [-0.1, -0.05) is 0 Å². The average Bonchev–Trinajstić information content (AvgIpc) is 3.16. The molecule has 8 heteroatoms. The molecule has 1 amide bonds. The third kappa shape index (κ3) is 4.31. The smallest absolute Gasteiger partial charge is 0.309 e. The molecule has 0 aliphatic carbocycles. The van der Waals surface area contributed by atoms with Crippen LogP contribution in [0.25, 0.3) is 0 Å². The number of fused-ring (bicyclic) bond motifs is 1. The van der Waals surface area contributed by atoms with E-state index in [0.29, 0.717) is 49.7 Å². The quantitative estimate of drug-likeness (QED) is 0.480. The van der Waals surface area contributed by atoms with Gasteiger partial charge in [-0.05, 0) is 31.9 Å². The van der Waals surface area contributed by atoms with E-state index >= 15 is 0 Å². The molecule has 0 aromatic heterocycles. The standard InChI is InChI=1S/C19H21N3O5/c1-2-25-19(24)13-5-7-22(8-6-13)18(23)14(10-20)11-21-15-3-4-16-17(9-15)27-12-26-16/h3-4,9,11,13,21H,2,5-8,12H2,1H3/b14-11-. The number of rotatable bonds is 5. The number of amides is 1. The van der Waals surface area contributed by atoms with Crippen LogP contribution in [-0.2, 0) is 14.3 Å². The molecule has 1 aromatic carbocycles. The van der Waals surface area contributed by atoms with Crippen molar-refractivity contribution in [2.45, 2.75) is 19.8 Å².